The van der Waals surface area contributed by atoms with Crippen LogP contribution in [0.1, 0.15) is 0 Å². The van der Waals surface area contributed by atoms with Crippen molar-refractivity contribution < 1.29 is 9.94 Å². The predicted molar refractivity (Wildman–Crippen MR) is 47.5 cm³/mol. The Hall–Kier alpha value is -1.26. The number of aliphatic hydroxyl groups is 1. The number of hydrogen-bond donors (Lipinski definition) is 3. The van der Waals surface area contributed by atoms with Gasteiger partial charge in [-0.3, -0.25) is 10.3 Å². The monoisotopic (exact) mass is 168 g/mol. The van der Waals surface area contributed by atoms with E-state index in [1.165, 1.54) is 0 Å². The van der Waals surface area contributed by atoms with Crippen molar-refractivity contribution in [3.8, 4) is 0 Å². The predicted octanol–water partition coefficient (Wildman–Crippen LogP) is 0.605. The first-order valence-corrected chi connectivity index (χ1v) is 3.67. The Morgan fingerprint density at radius 1 is 1.33 bits per heavy atom. The van der Waals surface area contributed by atoms with Gasteiger partial charge in [-0.15, -0.1) is 0 Å². The van der Waals surface area contributed by atoms with E-state index in [0.29, 0.717) is 5.69 Å². The van der Waals surface area contributed by atoms with Crippen molar-refractivity contribution in [2.45, 2.75) is 0 Å². The number of aliphatic hydroxyl groups excluding tert-OH is 1. The molecule has 0 saturated heterocycles. The number of anilines is 2. The van der Waals surface area contributed by atoms with Crippen molar-refractivity contribution in [1.82, 2.24) is 0 Å². The summed E-state index contributed by atoms with van der Waals surface area (Å²) in [4.78, 5) is 4.87. The minimum Gasteiger partial charge on any atom is -0.399 e. The van der Waals surface area contributed by atoms with Crippen molar-refractivity contribution in [2.75, 3.05) is 24.4 Å². The molecule has 1 aromatic carbocycles. The molecule has 4 heteroatoms. The minimum atomic E-state index is 0.00196. The Morgan fingerprint density at radius 2 is 2.00 bits per heavy atom. The van der Waals surface area contributed by atoms with Gasteiger partial charge in [0.1, 0.15) is 0 Å². The molecule has 0 aromatic heterocycles. The maximum Gasteiger partial charge on any atom is 0.0976 e. The molecule has 0 spiro atoms. The second-order valence-electron chi connectivity index (χ2n) is 2.30. The van der Waals surface area contributed by atoms with Crippen LogP contribution in [0.25, 0.3) is 0 Å². The molecule has 0 bridgehead atoms. The molecule has 0 aliphatic heterocycles. The van der Waals surface area contributed by atoms with Crippen molar-refractivity contribution in [1.29, 1.82) is 0 Å². The van der Waals surface area contributed by atoms with Crippen LogP contribution in [0.2, 0.25) is 0 Å². The number of rotatable bonds is 4. The molecule has 12 heavy (non-hydrogen) atoms. The fraction of sp³-hybridized carbons (Fsp3) is 0.250. The summed E-state index contributed by atoms with van der Waals surface area (Å²) in [6, 6.07) is 7.13. The van der Waals surface area contributed by atoms with Gasteiger partial charge in [0.05, 0.1) is 18.9 Å². The fourth-order valence-corrected chi connectivity index (χ4v) is 0.731. The van der Waals surface area contributed by atoms with E-state index < -0.39 is 0 Å². The number of nitrogens with two attached hydrogens (primary N) is 1. The van der Waals surface area contributed by atoms with Crippen LogP contribution < -0.4 is 11.2 Å². The zero-order valence-corrected chi connectivity index (χ0v) is 6.66. The topological polar surface area (TPSA) is 67.5 Å². The van der Waals surface area contributed by atoms with E-state index in [0.717, 1.165) is 5.69 Å². The lowest BCUT2D eigenvalue weighted by Gasteiger charge is -2.04. The van der Waals surface area contributed by atoms with Gasteiger partial charge >= 0.3 is 0 Å². The second kappa shape index (κ2) is 4.58. The average Bonchev–Trinajstić information content (AvgIpc) is 2.09. The van der Waals surface area contributed by atoms with Gasteiger partial charge in [-0.05, 0) is 24.3 Å². The molecule has 0 saturated carbocycles. The molecule has 0 aliphatic rings. The Labute approximate surface area is 70.9 Å². The highest BCUT2D eigenvalue weighted by Gasteiger charge is 1.89. The van der Waals surface area contributed by atoms with Crippen LogP contribution in [0.3, 0.4) is 0 Å². The highest BCUT2D eigenvalue weighted by molar-refractivity contribution is 5.49. The van der Waals surface area contributed by atoms with Gasteiger partial charge in [0, 0.05) is 5.69 Å². The smallest absolute Gasteiger partial charge is 0.0976 e. The van der Waals surface area contributed by atoms with Crippen LogP contribution in [-0.2, 0) is 4.84 Å². The first kappa shape index (κ1) is 8.83. The van der Waals surface area contributed by atoms with Crippen molar-refractivity contribution in [2.24, 2.45) is 0 Å². The van der Waals surface area contributed by atoms with Gasteiger partial charge in [-0.1, -0.05) is 0 Å². The zero-order valence-electron chi connectivity index (χ0n) is 6.66. The highest BCUT2D eigenvalue weighted by Crippen LogP contribution is 2.09. The highest BCUT2D eigenvalue weighted by atomic mass is 16.6. The minimum absolute atomic E-state index is 0.00196. The van der Waals surface area contributed by atoms with E-state index in [-0.39, 0.29) is 13.2 Å². The molecule has 1 rings (SSSR count). The maximum absolute atomic E-state index is 8.40. The van der Waals surface area contributed by atoms with Crippen LogP contribution in [0.4, 0.5) is 11.4 Å². The Kier molecular flexibility index (Phi) is 3.37. The molecule has 66 valence electrons. The van der Waals surface area contributed by atoms with Crippen LogP contribution in [0, 0.1) is 0 Å². The molecular formula is C8H12N2O2. The molecule has 0 amide bonds. The quantitative estimate of drug-likeness (QED) is 0.350. The first-order chi connectivity index (χ1) is 5.83. The third-order valence-electron chi connectivity index (χ3n) is 1.29. The fourth-order valence-electron chi connectivity index (χ4n) is 0.731. The molecule has 4 N–H and O–H groups in total. The largest absolute Gasteiger partial charge is 0.399 e. The lowest BCUT2D eigenvalue weighted by molar-refractivity contribution is 0.133. The van der Waals surface area contributed by atoms with Crippen molar-refractivity contribution in [3.05, 3.63) is 24.3 Å². The summed E-state index contributed by atoms with van der Waals surface area (Å²) in [6.45, 7) is 0.270. The van der Waals surface area contributed by atoms with Crippen LogP contribution in [-0.4, -0.2) is 18.3 Å². The second-order valence-corrected chi connectivity index (χ2v) is 2.30. The van der Waals surface area contributed by atoms with Crippen LogP contribution >= 0.6 is 0 Å². The average molecular weight is 168 g/mol. The van der Waals surface area contributed by atoms with Gasteiger partial charge in [-0.25, -0.2) is 0 Å². The molecule has 0 unspecified atom stereocenters. The number of nitrogen functional groups attached to an aromatic ring is 1. The summed E-state index contributed by atoms with van der Waals surface area (Å²) in [6.07, 6.45) is 0. The molecular weight excluding hydrogens is 156 g/mol. The van der Waals surface area contributed by atoms with E-state index in [2.05, 4.69) is 5.48 Å². The van der Waals surface area contributed by atoms with Crippen molar-refractivity contribution in [3.63, 3.8) is 0 Å². The van der Waals surface area contributed by atoms with Crippen molar-refractivity contribution >= 4 is 11.4 Å². The summed E-state index contributed by atoms with van der Waals surface area (Å²) in [7, 11) is 0. The summed E-state index contributed by atoms with van der Waals surface area (Å²) < 4.78 is 0. The number of hydrogen-bond acceptors (Lipinski definition) is 4. The molecule has 0 aliphatic carbocycles. The summed E-state index contributed by atoms with van der Waals surface area (Å²) in [5.74, 6) is 0. The zero-order chi connectivity index (χ0) is 8.81. The maximum atomic E-state index is 8.40. The van der Waals surface area contributed by atoms with E-state index in [1.54, 1.807) is 24.3 Å². The standard InChI is InChI=1S/C8H12N2O2/c9-7-1-3-8(4-2-7)10-12-6-5-11/h1-4,10-11H,5-6,9H2. The van der Waals surface area contributed by atoms with E-state index >= 15 is 0 Å². The molecule has 0 atom stereocenters. The first-order valence-electron chi connectivity index (χ1n) is 3.67. The molecule has 0 radical (unpaired) electrons. The summed E-state index contributed by atoms with van der Waals surface area (Å²) in [5.41, 5.74) is 9.66. The van der Waals surface area contributed by atoms with E-state index in [1.807, 2.05) is 0 Å². The van der Waals surface area contributed by atoms with Gasteiger partial charge in [0.2, 0.25) is 0 Å². The Balaban J connectivity index is 2.37. The molecule has 0 fully saturated rings. The van der Waals surface area contributed by atoms with Gasteiger partial charge in [-0.2, -0.15) is 0 Å². The third-order valence-corrected chi connectivity index (χ3v) is 1.29. The van der Waals surface area contributed by atoms with E-state index in [9.17, 15) is 0 Å². The van der Waals surface area contributed by atoms with Gasteiger partial charge in [0.15, 0.2) is 0 Å². The Morgan fingerprint density at radius 3 is 2.58 bits per heavy atom. The third kappa shape index (κ3) is 2.77. The summed E-state index contributed by atoms with van der Waals surface area (Å²) in [5, 5.41) is 8.40. The van der Waals surface area contributed by atoms with Gasteiger partial charge in [0.25, 0.3) is 0 Å². The molecule has 0 heterocycles. The van der Waals surface area contributed by atoms with E-state index in [4.69, 9.17) is 15.7 Å². The lowest BCUT2D eigenvalue weighted by atomic mass is 10.3. The normalized spacial score (nSPS) is 9.75. The van der Waals surface area contributed by atoms with Crippen LogP contribution in [0.15, 0.2) is 24.3 Å². The number of benzene rings is 1. The van der Waals surface area contributed by atoms with Gasteiger partial charge < -0.3 is 10.8 Å². The van der Waals surface area contributed by atoms with Crippen LogP contribution in [0.5, 0.6) is 0 Å². The Bertz CT molecular complexity index is 223. The lowest BCUT2D eigenvalue weighted by Crippen LogP contribution is -2.05. The summed E-state index contributed by atoms with van der Waals surface area (Å²) >= 11 is 0. The molecule has 4 nitrogen and oxygen atoms in total. The number of nitrogens with one attached hydrogen (secondary N) is 1. The molecule has 1 aromatic rings. The SMILES string of the molecule is Nc1ccc(NOCCO)cc1.